The summed E-state index contributed by atoms with van der Waals surface area (Å²) in [7, 11) is 0. The van der Waals surface area contributed by atoms with Crippen molar-refractivity contribution in [3.63, 3.8) is 0 Å². The van der Waals surface area contributed by atoms with Crippen LogP contribution in [-0.4, -0.2) is 41.9 Å². The number of likely N-dealkylation sites (tertiary alicyclic amines) is 1. The summed E-state index contributed by atoms with van der Waals surface area (Å²) >= 11 is 0. The van der Waals surface area contributed by atoms with E-state index >= 15 is 0 Å². The Morgan fingerprint density at radius 2 is 1.68 bits per heavy atom. The highest BCUT2D eigenvalue weighted by Gasteiger charge is 2.30. The molecule has 0 unspecified atom stereocenters. The highest BCUT2D eigenvalue weighted by atomic mass is 16.2. The van der Waals surface area contributed by atoms with E-state index in [1.54, 1.807) is 0 Å². The van der Waals surface area contributed by atoms with Crippen LogP contribution in [0.25, 0.3) is 0 Å². The Morgan fingerprint density at radius 1 is 1.05 bits per heavy atom. The van der Waals surface area contributed by atoms with Crippen LogP contribution in [0.4, 0.5) is 0 Å². The first-order valence-corrected chi connectivity index (χ1v) is 7.42. The van der Waals surface area contributed by atoms with Crippen molar-refractivity contribution in [2.24, 2.45) is 5.73 Å². The van der Waals surface area contributed by atoms with Crippen molar-refractivity contribution in [1.82, 2.24) is 10.2 Å². The lowest BCUT2D eigenvalue weighted by Gasteiger charge is -2.32. The van der Waals surface area contributed by atoms with E-state index in [9.17, 15) is 9.59 Å². The van der Waals surface area contributed by atoms with Crippen molar-refractivity contribution < 1.29 is 9.59 Å². The number of carbonyl (C=O) groups is 2. The molecule has 1 saturated carbocycles. The molecule has 0 bridgehead atoms. The van der Waals surface area contributed by atoms with Gasteiger partial charge in [-0.3, -0.25) is 9.59 Å². The minimum absolute atomic E-state index is 0.0283. The van der Waals surface area contributed by atoms with Crippen LogP contribution in [0.1, 0.15) is 51.4 Å². The van der Waals surface area contributed by atoms with Crippen LogP contribution in [0, 0.1) is 0 Å². The summed E-state index contributed by atoms with van der Waals surface area (Å²) < 4.78 is 0. The SMILES string of the molecule is NC1(CC(=O)NCC(=O)N2CCCC2)CCCCC1. The minimum Gasteiger partial charge on any atom is -0.347 e. The third kappa shape index (κ3) is 4.20. The molecular formula is C14H25N3O2. The van der Waals surface area contributed by atoms with Gasteiger partial charge in [0.05, 0.1) is 6.54 Å². The van der Waals surface area contributed by atoms with E-state index in [-0.39, 0.29) is 23.9 Å². The summed E-state index contributed by atoms with van der Waals surface area (Å²) in [4.78, 5) is 25.5. The molecule has 19 heavy (non-hydrogen) atoms. The van der Waals surface area contributed by atoms with Crippen LogP contribution < -0.4 is 11.1 Å². The lowest BCUT2D eigenvalue weighted by Crippen LogP contribution is -2.47. The fourth-order valence-electron chi connectivity index (χ4n) is 3.07. The lowest BCUT2D eigenvalue weighted by atomic mass is 9.80. The molecular weight excluding hydrogens is 242 g/mol. The van der Waals surface area contributed by atoms with Crippen LogP contribution in [0.3, 0.4) is 0 Å². The van der Waals surface area contributed by atoms with Crippen molar-refractivity contribution in [3.05, 3.63) is 0 Å². The molecule has 1 aliphatic heterocycles. The molecule has 2 aliphatic rings. The fraction of sp³-hybridized carbons (Fsp3) is 0.857. The second-order valence-corrected chi connectivity index (χ2v) is 5.96. The summed E-state index contributed by atoms with van der Waals surface area (Å²) in [5.74, 6) is -0.0579. The normalized spacial score (nSPS) is 22.3. The molecule has 0 spiro atoms. The van der Waals surface area contributed by atoms with Gasteiger partial charge in [-0.1, -0.05) is 19.3 Å². The van der Waals surface area contributed by atoms with Gasteiger partial charge in [0.15, 0.2) is 0 Å². The number of rotatable bonds is 4. The summed E-state index contributed by atoms with van der Waals surface area (Å²) in [6.07, 6.45) is 7.76. The molecule has 0 aromatic heterocycles. The summed E-state index contributed by atoms with van der Waals surface area (Å²) in [5, 5.41) is 2.72. The van der Waals surface area contributed by atoms with Gasteiger partial charge in [0.2, 0.25) is 11.8 Å². The van der Waals surface area contributed by atoms with E-state index in [4.69, 9.17) is 5.73 Å². The van der Waals surface area contributed by atoms with Crippen molar-refractivity contribution in [2.45, 2.75) is 56.9 Å². The van der Waals surface area contributed by atoms with Crippen molar-refractivity contribution in [1.29, 1.82) is 0 Å². The zero-order chi connectivity index (χ0) is 13.7. The number of carbonyl (C=O) groups excluding carboxylic acids is 2. The molecule has 0 aromatic carbocycles. The highest BCUT2D eigenvalue weighted by molar-refractivity contribution is 5.85. The smallest absolute Gasteiger partial charge is 0.241 e. The highest BCUT2D eigenvalue weighted by Crippen LogP contribution is 2.28. The second kappa shape index (κ2) is 6.37. The first-order valence-electron chi connectivity index (χ1n) is 7.42. The molecule has 0 aromatic rings. The topological polar surface area (TPSA) is 75.4 Å². The molecule has 2 fully saturated rings. The van der Waals surface area contributed by atoms with E-state index in [1.807, 2.05) is 4.90 Å². The Labute approximate surface area is 114 Å². The molecule has 2 amide bonds. The lowest BCUT2D eigenvalue weighted by molar-refractivity contribution is -0.132. The van der Waals surface area contributed by atoms with Gasteiger partial charge in [-0.25, -0.2) is 0 Å². The number of nitrogens with zero attached hydrogens (tertiary/aromatic N) is 1. The van der Waals surface area contributed by atoms with Crippen LogP contribution in [0.2, 0.25) is 0 Å². The predicted molar refractivity (Wildman–Crippen MR) is 73.4 cm³/mol. The minimum atomic E-state index is -0.348. The number of nitrogens with one attached hydrogen (secondary N) is 1. The summed E-state index contributed by atoms with van der Waals surface area (Å²) in [6, 6.07) is 0. The average Bonchev–Trinajstić information content (AvgIpc) is 2.90. The summed E-state index contributed by atoms with van der Waals surface area (Å²) in [5.41, 5.74) is 5.88. The van der Waals surface area contributed by atoms with E-state index in [0.717, 1.165) is 51.6 Å². The molecule has 0 atom stereocenters. The van der Waals surface area contributed by atoms with E-state index < -0.39 is 0 Å². The quantitative estimate of drug-likeness (QED) is 0.790. The number of hydrogen-bond acceptors (Lipinski definition) is 3. The van der Waals surface area contributed by atoms with E-state index in [2.05, 4.69) is 5.32 Å². The number of hydrogen-bond donors (Lipinski definition) is 2. The van der Waals surface area contributed by atoms with Gasteiger partial charge in [-0.2, -0.15) is 0 Å². The van der Waals surface area contributed by atoms with Gasteiger partial charge in [0.25, 0.3) is 0 Å². The largest absolute Gasteiger partial charge is 0.347 e. The van der Waals surface area contributed by atoms with Gasteiger partial charge in [0.1, 0.15) is 0 Å². The van der Waals surface area contributed by atoms with Crippen LogP contribution >= 0.6 is 0 Å². The Bertz CT molecular complexity index is 332. The Morgan fingerprint density at radius 3 is 2.32 bits per heavy atom. The first-order chi connectivity index (χ1) is 9.09. The second-order valence-electron chi connectivity index (χ2n) is 5.96. The van der Waals surface area contributed by atoms with Crippen LogP contribution in [0.15, 0.2) is 0 Å². The number of amides is 2. The molecule has 2 rings (SSSR count). The van der Waals surface area contributed by atoms with Gasteiger partial charge < -0.3 is 16.0 Å². The van der Waals surface area contributed by atoms with Gasteiger partial charge >= 0.3 is 0 Å². The maximum atomic E-state index is 11.9. The monoisotopic (exact) mass is 267 g/mol. The molecule has 3 N–H and O–H groups in total. The summed E-state index contributed by atoms with van der Waals surface area (Å²) in [6.45, 7) is 1.78. The van der Waals surface area contributed by atoms with Crippen LogP contribution in [-0.2, 0) is 9.59 Å². The zero-order valence-corrected chi connectivity index (χ0v) is 11.6. The molecule has 0 radical (unpaired) electrons. The van der Waals surface area contributed by atoms with E-state index in [0.29, 0.717) is 6.42 Å². The molecule has 1 heterocycles. The van der Waals surface area contributed by atoms with Crippen molar-refractivity contribution in [2.75, 3.05) is 19.6 Å². The van der Waals surface area contributed by atoms with Gasteiger partial charge in [-0.15, -0.1) is 0 Å². The van der Waals surface area contributed by atoms with Crippen LogP contribution in [0.5, 0.6) is 0 Å². The van der Waals surface area contributed by atoms with Gasteiger partial charge in [-0.05, 0) is 25.7 Å². The van der Waals surface area contributed by atoms with Crippen molar-refractivity contribution >= 4 is 11.8 Å². The molecule has 5 heteroatoms. The molecule has 108 valence electrons. The fourth-order valence-corrected chi connectivity index (χ4v) is 3.07. The third-order valence-electron chi connectivity index (χ3n) is 4.26. The van der Waals surface area contributed by atoms with Crippen molar-refractivity contribution in [3.8, 4) is 0 Å². The Kier molecular flexibility index (Phi) is 4.80. The van der Waals surface area contributed by atoms with Gasteiger partial charge in [0, 0.05) is 25.0 Å². The third-order valence-corrected chi connectivity index (χ3v) is 4.26. The molecule has 1 aliphatic carbocycles. The maximum Gasteiger partial charge on any atom is 0.241 e. The molecule has 5 nitrogen and oxygen atoms in total. The molecule has 1 saturated heterocycles. The maximum absolute atomic E-state index is 11.9. The Hall–Kier alpha value is -1.10. The standard InChI is InChI=1S/C14H25N3O2/c15-14(6-2-1-3-7-14)10-12(18)16-11-13(19)17-8-4-5-9-17/h1-11,15H2,(H,16,18). The Balaban J connectivity index is 1.70. The first kappa shape index (κ1) is 14.3. The zero-order valence-electron chi connectivity index (χ0n) is 11.6. The number of nitrogens with two attached hydrogens (primary N) is 1. The van der Waals surface area contributed by atoms with E-state index in [1.165, 1.54) is 6.42 Å². The predicted octanol–water partition coefficient (Wildman–Crippen LogP) is 0.777. The average molecular weight is 267 g/mol.